The van der Waals surface area contributed by atoms with E-state index in [9.17, 15) is 4.39 Å². The molecule has 0 bridgehead atoms. The quantitative estimate of drug-likeness (QED) is 0.840. The summed E-state index contributed by atoms with van der Waals surface area (Å²) in [4.78, 5) is 2.37. The van der Waals surface area contributed by atoms with Gasteiger partial charge in [0.15, 0.2) is 0 Å². The van der Waals surface area contributed by atoms with E-state index in [-0.39, 0.29) is 5.82 Å². The molecule has 1 aliphatic heterocycles. The van der Waals surface area contributed by atoms with Crippen LogP contribution in [0.3, 0.4) is 0 Å². The fourth-order valence-corrected chi connectivity index (χ4v) is 3.34. The van der Waals surface area contributed by atoms with Gasteiger partial charge in [0.1, 0.15) is 5.82 Å². The molecule has 1 aromatic carbocycles. The highest BCUT2D eigenvalue weighted by Gasteiger charge is 2.16. The number of benzene rings is 1. The van der Waals surface area contributed by atoms with Crippen molar-refractivity contribution in [2.45, 2.75) is 18.7 Å². The zero-order valence-electron chi connectivity index (χ0n) is 11.2. The summed E-state index contributed by atoms with van der Waals surface area (Å²) in [5.74, 6) is 6.58. The van der Waals surface area contributed by atoms with Gasteiger partial charge in [-0.1, -0.05) is 18.8 Å². The van der Waals surface area contributed by atoms with Gasteiger partial charge in [-0.05, 0) is 23.8 Å². The molecule has 2 nitrogen and oxygen atoms in total. The van der Waals surface area contributed by atoms with Crippen LogP contribution in [-0.2, 0) is 6.54 Å². The van der Waals surface area contributed by atoms with Crippen molar-refractivity contribution in [3.05, 3.63) is 35.1 Å². The molecule has 2 rings (SSSR count). The lowest BCUT2D eigenvalue weighted by molar-refractivity contribution is 0.278. The van der Waals surface area contributed by atoms with Crippen LogP contribution in [0.1, 0.15) is 18.1 Å². The Morgan fingerprint density at radius 3 is 3.05 bits per heavy atom. The van der Waals surface area contributed by atoms with Crippen molar-refractivity contribution in [2.75, 3.05) is 25.4 Å². The molecular weight excluding hydrogens is 259 g/mol. The van der Waals surface area contributed by atoms with Crippen LogP contribution in [0.25, 0.3) is 0 Å². The first-order valence-electron chi connectivity index (χ1n) is 6.50. The fourth-order valence-electron chi connectivity index (χ4n) is 2.26. The lowest BCUT2D eigenvalue weighted by atomic mass is 10.1. The Hall–Kier alpha value is -1.02. The van der Waals surface area contributed by atoms with E-state index in [0.717, 1.165) is 31.0 Å². The molecule has 1 fully saturated rings. The van der Waals surface area contributed by atoms with Crippen molar-refractivity contribution in [3.8, 4) is 11.8 Å². The fraction of sp³-hybridized carbons (Fsp3) is 0.467. The summed E-state index contributed by atoms with van der Waals surface area (Å²) in [6.07, 6.45) is 0. The Morgan fingerprint density at radius 2 is 2.32 bits per heavy atom. The molecule has 0 amide bonds. The van der Waals surface area contributed by atoms with Gasteiger partial charge in [-0.3, -0.25) is 4.90 Å². The molecule has 4 heteroatoms. The Bertz CT molecular complexity index is 493. The first-order chi connectivity index (χ1) is 9.17. The molecule has 0 aromatic heterocycles. The third kappa shape index (κ3) is 4.54. The van der Waals surface area contributed by atoms with Crippen molar-refractivity contribution >= 4 is 11.8 Å². The molecule has 0 radical (unpaired) electrons. The summed E-state index contributed by atoms with van der Waals surface area (Å²) in [5, 5.41) is 0.652. The van der Waals surface area contributed by atoms with Gasteiger partial charge in [-0.2, -0.15) is 11.8 Å². The number of nitrogens with two attached hydrogens (primary N) is 1. The Kier molecular flexibility index (Phi) is 5.26. The van der Waals surface area contributed by atoms with Crippen LogP contribution in [0, 0.1) is 17.7 Å². The first kappa shape index (κ1) is 14.4. The van der Waals surface area contributed by atoms with Crippen LogP contribution >= 0.6 is 11.8 Å². The molecular formula is C15H19FN2S. The Balaban J connectivity index is 2.09. The lowest BCUT2D eigenvalue weighted by Crippen LogP contribution is -2.36. The monoisotopic (exact) mass is 278 g/mol. The summed E-state index contributed by atoms with van der Waals surface area (Å²) >= 11 is 2.00. The van der Waals surface area contributed by atoms with Crippen molar-refractivity contribution < 1.29 is 4.39 Å². The highest BCUT2D eigenvalue weighted by atomic mass is 32.2. The third-order valence-electron chi connectivity index (χ3n) is 3.02. The number of nitrogens with zero attached hydrogens (tertiary/aromatic N) is 1. The third-order valence-corrected chi connectivity index (χ3v) is 4.16. The number of thioether (sulfide) groups is 1. The molecule has 1 aliphatic rings. The largest absolute Gasteiger partial charge is 0.320 e. The highest BCUT2D eigenvalue weighted by molar-refractivity contribution is 7.99. The minimum absolute atomic E-state index is 0.224. The summed E-state index contributed by atoms with van der Waals surface area (Å²) in [7, 11) is 0. The molecule has 1 saturated heterocycles. The summed E-state index contributed by atoms with van der Waals surface area (Å²) in [6.45, 7) is 5.45. The molecule has 19 heavy (non-hydrogen) atoms. The summed E-state index contributed by atoms with van der Waals surface area (Å²) in [5.41, 5.74) is 7.03. The van der Waals surface area contributed by atoms with E-state index >= 15 is 0 Å². The van der Waals surface area contributed by atoms with E-state index in [1.165, 1.54) is 6.07 Å². The second-order valence-electron chi connectivity index (χ2n) is 4.77. The van der Waals surface area contributed by atoms with E-state index in [2.05, 4.69) is 23.7 Å². The van der Waals surface area contributed by atoms with Gasteiger partial charge >= 0.3 is 0 Å². The maximum atomic E-state index is 13.6. The zero-order valence-corrected chi connectivity index (χ0v) is 12.0. The lowest BCUT2D eigenvalue weighted by Gasteiger charge is -2.30. The Labute approximate surface area is 118 Å². The van der Waals surface area contributed by atoms with Gasteiger partial charge in [0.05, 0.1) is 6.54 Å². The number of hydrogen-bond donors (Lipinski definition) is 1. The molecule has 1 heterocycles. The topological polar surface area (TPSA) is 29.3 Å². The summed E-state index contributed by atoms with van der Waals surface area (Å²) < 4.78 is 13.6. The molecule has 1 atom stereocenters. The predicted molar refractivity (Wildman–Crippen MR) is 79.5 cm³/mol. The van der Waals surface area contributed by atoms with Crippen LogP contribution < -0.4 is 5.73 Å². The predicted octanol–water partition coefficient (Wildman–Crippen LogP) is 2.07. The molecule has 0 spiro atoms. The second kappa shape index (κ2) is 6.95. The molecule has 1 unspecified atom stereocenters. The van der Waals surface area contributed by atoms with Gasteiger partial charge in [0.2, 0.25) is 0 Å². The van der Waals surface area contributed by atoms with E-state index in [4.69, 9.17) is 5.73 Å². The number of halogens is 1. The number of rotatable bonds is 2. The molecule has 0 aliphatic carbocycles. The van der Waals surface area contributed by atoms with Crippen molar-refractivity contribution in [1.29, 1.82) is 0 Å². The van der Waals surface area contributed by atoms with E-state index in [1.54, 1.807) is 6.07 Å². The van der Waals surface area contributed by atoms with E-state index in [0.29, 0.717) is 17.4 Å². The second-order valence-corrected chi connectivity index (χ2v) is 6.32. The van der Waals surface area contributed by atoms with Gasteiger partial charge in [0.25, 0.3) is 0 Å². The average molecular weight is 278 g/mol. The molecule has 102 valence electrons. The molecule has 0 saturated carbocycles. The molecule has 2 N–H and O–H groups in total. The van der Waals surface area contributed by atoms with Gasteiger partial charge in [-0.25, -0.2) is 4.39 Å². The smallest absolute Gasteiger partial charge is 0.124 e. The van der Waals surface area contributed by atoms with Crippen LogP contribution in [0.15, 0.2) is 18.2 Å². The summed E-state index contributed by atoms with van der Waals surface area (Å²) in [6, 6.07) is 5.01. The Morgan fingerprint density at radius 1 is 1.47 bits per heavy atom. The van der Waals surface area contributed by atoms with Crippen molar-refractivity contribution in [1.82, 2.24) is 4.90 Å². The van der Waals surface area contributed by atoms with Gasteiger partial charge in [0, 0.05) is 36.2 Å². The van der Waals surface area contributed by atoms with Crippen molar-refractivity contribution in [2.24, 2.45) is 5.73 Å². The van der Waals surface area contributed by atoms with Crippen LogP contribution in [-0.4, -0.2) is 35.5 Å². The van der Waals surface area contributed by atoms with Crippen LogP contribution in [0.5, 0.6) is 0 Å². The first-order valence-corrected chi connectivity index (χ1v) is 7.54. The van der Waals surface area contributed by atoms with E-state index < -0.39 is 0 Å². The maximum absolute atomic E-state index is 13.6. The van der Waals surface area contributed by atoms with Gasteiger partial charge < -0.3 is 5.73 Å². The minimum atomic E-state index is -0.224. The standard InChI is InChI=1S/C15H19FN2S/c1-12-10-18(5-6-19-12)11-14-7-13(3-2-4-17)8-15(16)9-14/h7-9,12H,4-6,10-11,17H2,1H3. The van der Waals surface area contributed by atoms with Crippen LogP contribution in [0.2, 0.25) is 0 Å². The molecule has 1 aromatic rings. The SMILES string of the molecule is CC1CN(Cc2cc(F)cc(C#CCN)c2)CCS1. The normalized spacial score (nSPS) is 19.8. The van der Waals surface area contributed by atoms with Crippen LogP contribution in [0.4, 0.5) is 4.39 Å². The highest BCUT2D eigenvalue weighted by Crippen LogP contribution is 2.20. The maximum Gasteiger partial charge on any atom is 0.124 e. The zero-order chi connectivity index (χ0) is 13.7. The minimum Gasteiger partial charge on any atom is -0.320 e. The number of hydrogen-bond acceptors (Lipinski definition) is 3. The van der Waals surface area contributed by atoms with Crippen molar-refractivity contribution in [3.63, 3.8) is 0 Å². The average Bonchev–Trinajstić information content (AvgIpc) is 2.35. The van der Waals surface area contributed by atoms with Gasteiger partial charge in [-0.15, -0.1) is 0 Å². The van der Waals surface area contributed by atoms with E-state index in [1.807, 2.05) is 17.8 Å².